The van der Waals surface area contributed by atoms with Crippen LogP contribution >= 0.6 is 27.7 Å². The van der Waals surface area contributed by atoms with E-state index < -0.39 is 0 Å². The first-order valence-corrected chi connectivity index (χ1v) is 6.20. The zero-order valence-corrected chi connectivity index (χ0v) is 9.91. The lowest BCUT2D eigenvalue weighted by Crippen LogP contribution is -2.10. The molecule has 2 rings (SSSR count). The third-order valence-corrected chi connectivity index (χ3v) is 4.17. The summed E-state index contributed by atoms with van der Waals surface area (Å²) in [7, 11) is 0. The molecule has 0 saturated carbocycles. The van der Waals surface area contributed by atoms with Gasteiger partial charge in [-0.25, -0.2) is 0 Å². The molecule has 0 aliphatic carbocycles. The summed E-state index contributed by atoms with van der Waals surface area (Å²) in [6, 6.07) is 6.35. The number of hydrogen-bond acceptors (Lipinski definition) is 2. The number of para-hydroxylation sites is 1. The first kappa shape index (κ1) is 9.41. The number of hydrogen-bond donors (Lipinski definition) is 1. The molecule has 0 radical (unpaired) electrons. The Balaban J connectivity index is 2.35. The third-order valence-electron chi connectivity index (χ3n) is 2.13. The van der Waals surface area contributed by atoms with Crippen molar-refractivity contribution >= 4 is 33.4 Å². The summed E-state index contributed by atoms with van der Waals surface area (Å²) in [4.78, 5) is 1.36. The van der Waals surface area contributed by atoms with Crippen molar-refractivity contribution in [3.05, 3.63) is 22.7 Å². The second-order valence-electron chi connectivity index (χ2n) is 3.41. The molecule has 1 N–H and O–H groups in total. The molecule has 1 aromatic rings. The lowest BCUT2D eigenvalue weighted by Gasteiger charge is -2.09. The molecule has 1 heterocycles. The van der Waals surface area contributed by atoms with E-state index in [9.17, 15) is 0 Å². The van der Waals surface area contributed by atoms with E-state index in [0.29, 0.717) is 0 Å². The third kappa shape index (κ3) is 2.02. The molecule has 0 spiro atoms. The van der Waals surface area contributed by atoms with Crippen LogP contribution in [0.2, 0.25) is 0 Å². The van der Waals surface area contributed by atoms with Crippen LogP contribution in [0.25, 0.3) is 0 Å². The Labute approximate surface area is 91.4 Å². The van der Waals surface area contributed by atoms with Gasteiger partial charge in [-0.05, 0) is 34.0 Å². The highest BCUT2D eigenvalue weighted by molar-refractivity contribution is 9.10. The molecule has 1 aromatic carbocycles. The van der Waals surface area contributed by atoms with Crippen LogP contribution in [0, 0.1) is 5.92 Å². The Bertz CT molecular complexity index is 314. The van der Waals surface area contributed by atoms with Gasteiger partial charge < -0.3 is 5.32 Å². The Kier molecular flexibility index (Phi) is 2.84. The maximum atomic E-state index is 3.56. The largest absolute Gasteiger partial charge is 0.383 e. The molecule has 1 atom stereocenters. The van der Waals surface area contributed by atoms with Gasteiger partial charge in [0.2, 0.25) is 0 Å². The van der Waals surface area contributed by atoms with Gasteiger partial charge in [0, 0.05) is 21.7 Å². The lowest BCUT2D eigenvalue weighted by atomic mass is 10.2. The molecule has 1 nitrogen and oxygen atoms in total. The van der Waals surface area contributed by atoms with Crippen molar-refractivity contribution in [3.63, 3.8) is 0 Å². The van der Waals surface area contributed by atoms with E-state index in [2.05, 4.69) is 46.4 Å². The van der Waals surface area contributed by atoms with Gasteiger partial charge in [0.1, 0.15) is 0 Å². The van der Waals surface area contributed by atoms with Gasteiger partial charge in [-0.15, -0.1) is 11.8 Å². The number of halogens is 1. The van der Waals surface area contributed by atoms with Crippen LogP contribution in [-0.4, -0.2) is 12.3 Å². The van der Waals surface area contributed by atoms with E-state index in [1.165, 1.54) is 20.8 Å². The van der Waals surface area contributed by atoms with E-state index in [0.717, 1.165) is 12.5 Å². The Morgan fingerprint density at radius 1 is 1.54 bits per heavy atom. The molecule has 70 valence electrons. The molecule has 0 bridgehead atoms. The minimum atomic E-state index is 0.740. The van der Waals surface area contributed by atoms with Gasteiger partial charge in [-0.2, -0.15) is 0 Å². The van der Waals surface area contributed by atoms with Gasteiger partial charge in [0.25, 0.3) is 0 Å². The predicted octanol–water partition coefficient (Wildman–Crippen LogP) is 3.60. The molecular formula is C10H12BrNS. The Hall–Kier alpha value is -0.150. The molecule has 1 aliphatic rings. The maximum absolute atomic E-state index is 3.56. The van der Waals surface area contributed by atoms with Crippen LogP contribution in [0.3, 0.4) is 0 Å². The SMILES string of the molecule is CC1CNc2c(Br)cccc2SC1. The average molecular weight is 258 g/mol. The van der Waals surface area contributed by atoms with Gasteiger partial charge in [-0.3, -0.25) is 0 Å². The highest BCUT2D eigenvalue weighted by Gasteiger charge is 2.13. The fourth-order valence-electron chi connectivity index (χ4n) is 1.36. The fraction of sp³-hybridized carbons (Fsp3) is 0.400. The highest BCUT2D eigenvalue weighted by Crippen LogP contribution is 2.36. The zero-order chi connectivity index (χ0) is 9.26. The summed E-state index contributed by atoms with van der Waals surface area (Å²) in [5, 5.41) is 3.48. The molecule has 1 aliphatic heterocycles. The van der Waals surface area contributed by atoms with E-state index in [1.807, 2.05) is 11.8 Å². The molecule has 0 fully saturated rings. The average Bonchev–Trinajstić information content (AvgIpc) is 2.30. The van der Waals surface area contributed by atoms with E-state index >= 15 is 0 Å². The molecule has 1 unspecified atom stereocenters. The number of anilines is 1. The molecular weight excluding hydrogens is 246 g/mol. The summed E-state index contributed by atoms with van der Waals surface area (Å²) in [5.74, 6) is 1.94. The summed E-state index contributed by atoms with van der Waals surface area (Å²) in [6.07, 6.45) is 0. The zero-order valence-electron chi connectivity index (χ0n) is 7.51. The molecule has 0 saturated heterocycles. The lowest BCUT2D eigenvalue weighted by molar-refractivity contribution is 0.704. The maximum Gasteiger partial charge on any atom is 0.0622 e. The van der Waals surface area contributed by atoms with Crippen LogP contribution < -0.4 is 5.32 Å². The molecule has 0 aromatic heterocycles. The summed E-state index contributed by atoms with van der Waals surface area (Å²) >= 11 is 5.50. The quantitative estimate of drug-likeness (QED) is 0.763. The molecule has 0 amide bonds. The van der Waals surface area contributed by atoms with Crippen LogP contribution in [0.15, 0.2) is 27.6 Å². The van der Waals surface area contributed by atoms with Gasteiger partial charge >= 0.3 is 0 Å². The van der Waals surface area contributed by atoms with Gasteiger partial charge in [0.05, 0.1) is 5.69 Å². The van der Waals surface area contributed by atoms with Crippen molar-refractivity contribution in [1.29, 1.82) is 0 Å². The second kappa shape index (κ2) is 3.93. The Morgan fingerprint density at radius 2 is 2.38 bits per heavy atom. The number of nitrogens with one attached hydrogen (secondary N) is 1. The summed E-state index contributed by atoms with van der Waals surface area (Å²) in [6.45, 7) is 3.35. The highest BCUT2D eigenvalue weighted by atomic mass is 79.9. The smallest absolute Gasteiger partial charge is 0.0622 e. The normalized spacial score (nSPS) is 21.5. The number of benzene rings is 1. The molecule has 3 heteroatoms. The fourth-order valence-corrected chi connectivity index (χ4v) is 3.08. The first-order chi connectivity index (χ1) is 6.27. The van der Waals surface area contributed by atoms with Gasteiger partial charge in [0.15, 0.2) is 0 Å². The van der Waals surface area contributed by atoms with E-state index in [1.54, 1.807) is 0 Å². The standard InChI is InChI=1S/C10H12BrNS/c1-7-5-12-10-8(11)3-2-4-9(10)13-6-7/h2-4,7,12H,5-6H2,1H3. The van der Waals surface area contributed by atoms with Crippen molar-refractivity contribution in [3.8, 4) is 0 Å². The van der Waals surface area contributed by atoms with Crippen LogP contribution in [0.1, 0.15) is 6.92 Å². The summed E-state index contributed by atoms with van der Waals surface area (Å²) < 4.78 is 1.17. The van der Waals surface area contributed by atoms with Crippen molar-refractivity contribution in [2.45, 2.75) is 11.8 Å². The number of rotatable bonds is 0. The van der Waals surface area contributed by atoms with E-state index in [-0.39, 0.29) is 0 Å². The van der Waals surface area contributed by atoms with Crippen molar-refractivity contribution < 1.29 is 0 Å². The monoisotopic (exact) mass is 257 g/mol. The minimum Gasteiger partial charge on any atom is -0.383 e. The number of fused-ring (bicyclic) bond motifs is 1. The van der Waals surface area contributed by atoms with Crippen molar-refractivity contribution in [1.82, 2.24) is 0 Å². The van der Waals surface area contributed by atoms with Crippen LogP contribution in [0.4, 0.5) is 5.69 Å². The number of thioether (sulfide) groups is 1. The summed E-state index contributed by atoms with van der Waals surface area (Å²) in [5.41, 5.74) is 1.26. The first-order valence-electron chi connectivity index (χ1n) is 4.42. The minimum absolute atomic E-state index is 0.740. The predicted molar refractivity (Wildman–Crippen MR) is 62.5 cm³/mol. The van der Waals surface area contributed by atoms with Crippen molar-refractivity contribution in [2.24, 2.45) is 5.92 Å². The molecule has 13 heavy (non-hydrogen) atoms. The second-order valence-corrected chi connectivity index (χ2v) is 5.33. The van der Waals surface area contributed by atoms with Crippen molar-refractivity contribution in [2.75, 3.05) is 17.6 Å². The topological polar surface area (TPSA) is 12.0 Å². The van der Waals surface area contributed by atoms with E-state index in [4.69, 9.17) is 0 Å². The van der Waals surface area contributed by atoms with Crippen LogP contribution in [-0.2, 0) is 0 Å². The van der Waals surface area contributed by atoms with Crippen LogP contribution in [0.5, 0.6) is 0 Å². The Morgan fingerprint density at radius 3 is 3.23 bits per heavy atom. The van der Waals surface area contributed by atoms with Gasteiger partial charge in [-0.1, -0.05) is 13.0 Å².